The normalized spacial score (nSPS) is 11.7. The van der Waals surface area contributed by atoms with Gasteiger partial charge in [-0.15, -0.1) is 0 Å². The fourth-order valence-electron chi connectivity index (χ4n) is 1.62. The van der Waals surface area contributed by atoms with Gasteiger partial charge in [0.15, 0.2) is 0 Å². The summed E-state index contributed by atoms with van der Waals surface area (Å²) in [7, 11) is 0. The number of urea groups is 1. The second-order valence-corrected chi connectivity index (χ2v) is 4.69. The fraction of sp³-hybridized carbons (Fsp3) is 0.429. The number of nitrogens with zero attached hydrogens (tertiary/aromatic N) is 1. The number of nitrogens with two attached hydrogens (primary N) is 1. The third kappa shape index (κ3) is 4.62. The first kappa shape index (κ1) is 15.0. The highest BCUT2D eigenvalue weighted by Crippen LogP contribution is 2.10. The molecule has 0 aliphatic heterocycles. The number of carbonyl (C=O) groups excluding carboxylic acids is 1. The second-order valence-electron chi connectivity index (χ2n) is 4.69. The smallest absolute Gasteiger partial charge is 0.321 e. The summed E-state index contributed by atoms with van der Waals surface area (Å²) in [5.74, 6) is -0.0368. The van der Waals surface area contributed by atoms with E-state index >= 15 is 0 Å². The minimum atomic E-state index is -0.167. The number of amides is 2. The molecule has 0 fully saturated rings. The van der Waals surface area contributed by atoms with Crippen LogP contribution in [0, 0.1) is 18.3 Å². The Morgan fingerprint density at radius 1 is 1.42 bits per heavy atom. The number of benzene rings is 1. The SMILES string of the molecule is CCN(CC(C)C(=N)N)C(=O)Nc1ccc(C)cc1. The van der Waals surface area contributed by atoms with E-state index in [0.717, 1.165) is 11.3 Å². The maximum Gasteiger partial charge on any atom is 0.321 e. The zero-order valence-electron chi connectivity index (χ0n) is 11.7. The predicted molar refractivity (Wildman–Crippen MR) is 78.5 cm³/mol. The van der Waals surface area contributed by atoms with Gasteiger partial charge in [0.2, 0.25) is 0 Å². The minimum Gasteiger partial charge on any atom is -0.387 e. The van der Waals surface area contributed by atoms with Crippen LogP contribution in [0.5, 0.6) is 0 Å². The lowest BCUT2D eigenvalue weighted by Gasteiger charge is -2.24. The van der Waals surface area contributed by atoms with Gasteiger partial charge in [0.25, 0.3) is 0 Å². The number of carbonyl (C=O) groups is 1. The molecule has 0 saturated heterocycles. The van der Waals surface area contributed by atoms with E-state index in [2.05, 4.69) is 5.32 Å². The number of nitrogens with one attached hydrogen (secondary N) is 2. The van der Waals surface area contributed by atoms with Crippen molar-refractivity contribution in [2.24, 2.45) is 11.7 Å². The second kappa shape index (κ2) is 6.78. The highest BCUT2D eigenvalue weighted by atomic mass is 16.2. The van der Waals surface area contributed by atoms with Crippen molar-refractivity contribution < 1.29 is 4.79 Å². The third-order valence-corrected chi connectivity index (χ3v) is 3.00. The summed E-state index contributed by atoms with van der Waals surface area (Å²) in [4.78, 5) is 13.7. The molecular weight excluding hydrogens is 240 g/mol. The summed E-state index contributed by atoms with van der Waals surface area (Å²) in [6, 6.07) is 7.47. The molecule has 104 valence electrons. The molecule has 1 atom stereocenters. The van der Waals surface area contributed by atoms with Crippen molar-refractivity contribution in [1.29, 1.82) is 5.41 Å². The van der Waals surface area contributed by atoms with Gasteiger partial charge in [-0.3, -0.25) is 5.41 Å². The van der Waals surface area contributed by atoms with E-state index in [4.69, 9.17) is 11.1 Å². The maximum absolute atomic E-state index is 12.1. The number of anilines is 1. The van der Waals surface area contributed by atoms with Crippen molar-refractivity contribution in [3.63, 3.8) is 0 Å². The summed E-state index contributed by atoms with van der Waals surface area (Å²) in [5.41, 5.74) is 7.35. The first-order valence-corrected chi connectivity index (χ1v) is 6.40. The predicted octanol–water partition coefficient (Wildman–Crippen LogP) is 2.42. The molecular formula is C14H22N4O. The van der Waals surface area contributed by atoms with Gasteiger partial charge in [-0.05, 0) is 26.0 Å². The summed E-state index contributed by atoms with van der Waals surface area (Å²) in [6.07, 6.45) is 0. The molecule has 0 radical (unpaired) electrons. The first-order chi connectivity index (χ1) is 8.93. The van der Waals surface area contributed by atoms with E-state index in [-0.39, 0.29) is 17.8 Å². The van der Waals surface area contributed by atoms with Crippen LogP contribution in [0.15, 0.2) is 24.3 Å². The van der Waals surface area contributed by atoms with Gasteiger partial charge in [0.05, 0.1) is 5.84 Å². The monoisotopic (exact) mass is 262 g/mol. The van der Waals surface area contributed by atoms with Crippen LogP contribution in [-0.4, -0.2) is 29.9 Å². The zero-order chi connectivity index (χ0) is 14.4. The molecule has 1 rings (SSSR count). The maximum atomic E-state index is 12.1. The highest BCUT2D eigenvalue weighted by Gasteiger charge is 2.16. The lowest BCUT2D eigenvalue weighted by Crippen LogP contribution is -2.40. The van der Waals surface area contributed by atoms with Crippen LogP contribution in [0.25, 0.3) is 0 Å². The number of hydrogen-bond donors (Lipinski definition) is 3. The van der Waals surface area contributed by atoms with Crippen molar-refractivity contribution in [2.45, 2.75) is 20.8 Å². The zero-order valence-corrected chi connectivity index (χ0v) is 11.7. The molecule has 5 heteroatoms. The van der Waals surface area contributed by atoms with Crippen molar-refractivity contribution in [3.8, 4) is 0 Å². The number of hydrogen-bond acceptors (Lipinski definition) is 2. The van der Waals surface area contributed by atoms with Crippen molar-refractivity contribution in [2.75, 3.05) is 18.4 Å². The molecule has 1 aromatic carbocycles. The Balaban J connectivity index is 2.63. The van der Waals surface area contributed by atoms with E-state index < -0.39 is 0 Å². The quantitative estimate of drug-likeness (QED) is 0.562. The minimum absolute atomic E-state index is 0.0987. The number of rotatable bonds is 5. The Labute approximate surface area is 114 Å². The molecule has 4 N–H and O–H groups in total. The fourth-order valence-corrected chi connectivity index (χ4v) is 1.62. The molecule has 1 unspecified atom stereocenters. The van der Waals surface area contributed by atoms with Gasteiger partial charge in [-0.2, -0.15) is 0 Å². The van der Waals surface area contributed by atoms with Crippen molar-refractivity contribution in [3.05, 3.63) is 29.8 Å². The van der Waals surface area contributed by atoms with Crippen LogP contribution >= 0.6 is 0 Å². The highest BCUT2D eigenvalue weighted by molar-refractivity contribution is 5.89. The summed E-state index contributed by atoms with van der Waals surface area (Å²) < 4.78 is 0. The van der Waals surface area contributed by atoms with Crippen LogP contribution in [0.3, 0.4) is 0 Å². The Morgan fingerprint density at radius 2 is 2.00 bits per heavy atom. The number of amidine groups is 1. The Kier molecular flexibility index (Phi) is 5.36. The molecule has 1 aromatic rings. The summed E-state index contributed by atoms with van der Waals surface area (Å²) in [6.45, 7) is 6.77. The molecule has 0 aliphatic rings. The molecule has 19 heavy (non-hydrogen) atoms. The van der Waals surface area contributed by atoms with Crippen LogP contribution < -0.4 is 11.1 Å². The summed E-state index contributed by atoms with van der Waals surface area (Å²) >= 11 is 0. The third-order valence-electron chi connectivity index (χ3n) is 3.00. The van der Waals surface area contributed by atoms with Crippen LogP contribution in [0.4, 0.5) is 10.5 Å². The van der Waals surface area contributed by atoms with Gasteiger partial charge < -0.3 is 16.0 Å². The molecule has 5 nitrogen and oxygen atoms in total. The van der Waals surface area contributed by atoms with Gasteiger partial charge in [-0.25, -0.2) is 4.79 Å². The molecule has 0 aliphatic carbocycles. The lowest BCUT2D eigenvalue weighted by molar-refractivity contribution is 0.211. The average Bonchev–Trinajstić information content (AvgIpc) is 2.38. The van der Waals surface area contributed by atoms with Crippen LogP contribution in [-0.2, 0) is 0 Å². The standard InChI is InChI=1S/C14H22N4O/c1-4-18(9-11(3)13(15)16)14(19)17-12-7-5-10(2)6-8-12/h5-8,11H,4,9H2,1-3H3,(H3,15,16)(H,17,19). The van der Waals surface area contributed by atoms with E-state index in [1.54, 1.807) is 4.90 Å². The molecule has 0 heterocycles. The molecule has 0 aromatic heterocycles. The van der Waals surface area contributed by atoms with E-state index in [1.807, 2.05) is 45.0 Å². The summed E-state index contributed by atoms with van der Waals surface area (Å²) in [5, 5.41) is 10.2. The molecule has 0 saturated carbocycles. The van der Waals surface area contributed by atoms with E-state index in [1.165, 1.54) is 0 Å². The Morgan fingerprint density at radius 3 is 2.47 bits per heavy atom. The first-order valence-electron chi connectivity index (χ1n) is 6.40. The van der Waals surface area contributed by atoms with E-state index in [9.17, 15) is 4.79 Å². The van der Waals surface area contributed by atoms with Crippen molar-refractivity contribution >= 4 is 17.6 Å². The van der Waals surface area contributed by atoms with Gasteiger partial charge >= 0.3 is 6.03 Å². The molecule has 0 bridgehead atoms. The largest absolute Gasteiger partial charge is 0.387 e. The van der Waals surface area contributed by atoms with Crippen LogP contribution in [0.2, 0.25) is 0 Å². The average molecular weight is 262 g/mol. The van der Waals surface area contributed by atoms with Gasteiger partial charge in [0.1, 0.15) is 0 Å². The Bertz CT molecular complexity index is 441. The lowest BCUT2D eigenvalue weighted by atomic mass is 10.1. The topological polar surface area (TPSA) is 82.2 Å². The van der Waals surface area contributed by atoms with Crippen LogP contribution in [0.1, 0.15) is 19.4 Å². The number of aryl methyl sites for hydroxylation is 1. The van der Waals surface area contributed by atoms with Gasteiger partial charge in [0, 0.05) is 24.7 Å². The molecule has 0 spiro atoms. The van der Waals surface area contributed by atoms with Gasteiger partial charge in [-0.1, -0.05) is 24.6 Å². The molecule has 2 amide bonds. The Hall–Kier alpha value is -2.04. The van der Waals surface area contributed by atoms with E-state index in [0.29, 0.717) is 13.1 Å². The van der Waals surface area contributed by atoms with Crippen molar-refractivity contribution in [1.82, 2.24) is 4.90 Å².